The first-order chi connectivity index (χ1) is 11.2. The first kappa shape index (κ1) is 13.4. The summed E-state index contributed by atoms with van der Waals surface area (Å²) in [5, 5.41) is 9.38. The van der Waals surface area contributed by atoms with Crippen LogP contribution in [0.3, 0.4) is 0 Å². The highest BCUT2D eigenvalue weighted by atomic mass is 16.5. The molecule has 0 aliphatic rings. The maximum Gasteiger partial charge on any atom is 0.267 e. The van der Waals surface area contributed by atoms with Crippen LogP contribution < -0.4 is 10.3 Å². The summed E-state index contributed by atoms with van der Waals surface area (Å²) >= 11 is 0. The number of methoxy groups -OCH3 is 1. The van der Waals surface area contributed by atoms with Crippen LogP contribution in [-0.4, -0.2) is 28.5 Å². The van der Waals surface area contributed by atoms with Crippen molar-refractivity contribution in [1.82, 2.24) is 14.4 Å². The van der Waals surface area contributed by atoms with Gasteiger partial charge in [-0.2, -0.15) is 10.2 Å². The van der Waals surface area contributed by atoms with Gasteiger partial charge in [0.15, 0.2) is 0 Å². The zero-order valence-electron chi connectivity index (χ0n) is 12.6. The highest BCUT2D eigenvalue weighted by Crippen LogP contribution is 2.35. The number of azo groups is 1. The van der Waals surface area contributed by atoms with Gasteiger partial charge in [-0.15, -0.1) is 0 Å². The molecule has 0 saturated heterocycles. The molecule has 1 aromatic carbocycles. The first-order valence-corrected chi connectivity index (χ1v) is 7.03. The summed E-state index contributed by atoms with van der Waals surface area (Å²) < 4.78 is 6.88. The second-order valence-corrected chi connectivity index (χ2v) is 5.05. The second kappa shape index (κ2) is 4.91. The number of H-pyrrole nitrogens is 1. The van der Waals surface area contributed by atoms with Crippen molar-refractivity contribution in [3.63, 3.8) is 0 Å². The molecule has 0 spiro atoms. The van der Waals surface area contributed by atoms with Crippen molar-refractivity contribution in [2.45, 2.75) is 0 Å². The smallest absolute Gasteiger partial charge is 0.267 e. The summed E-state index contributed by atoms with van der Waals surface area (Å²) in [5.41, 5.74) is 2.28. The third-order valence-electron chi connectivity index (χ3n) is 3.83. The number of hydrogen-bond acceptors (Lipinski definition) is 5. The Labute approximate surface area is 130 Å². The summed E-state index contributed by atoms with van der Waals surface area (Å²) in [7, 11) is 3.19. The van der Waals surface area contributed by atoms with Crippen LogP contribution in [0.25, 0.3) is 27.6 Å². The van der Waals surface area contributed by atoms with Crippen LogP contribution in [-0.2, 0) is 0 Å². The molecule has 4 aromatic rings. The number of ether oxygens (including phenoxy) is 1. The fourth-order valence-corrected chi connectivity index (χ4v) is 2.82. The molecule has 0 amide bonds. The zero-order chi connectivity index (χ0) is 16.0. The highest BCUT2D eigenvalue weighted by Gasteiger charge is 2.17. The van der Waals surface area contributed by atoms with Gasteiger partial charge in [-0.3, -0.25) is 9.20 Å². The highest BCUT2D eigenvalue weighted by molar-refractivity contribution is 6.02. The largest absolute Gasteiger partial charge is 0.497 e. The van der Waals surface area contributed by atoms with E-state index in [9.17, 15) is 4.79 Å². The van der Waals surface area contributed by atoms with E-state index in [-0.39, 0.29) is 5.56 Å². The average molecular weight is 307 g/mol. The van der Waals surface area contributed by atoms with Gasteiger partial charge in [0.1, 0.15) is 22.7 Å². The molecule has 3 aromatic heterocycles. The molecule has 23 heavy (non-hydrogen) atoms. The standard InChI is InChI=1S/C16H13N5O2/c1-17-20-13-11-8-9(23-2)5-6-12(11)21-15(13)19-14-10(16(21)22)4-3-7-18-14/h3-8H,1-2H3,(H,18,19). The van der Waals surface area contributed by atoms with Crippen molar-refractivity contribution in [1.29, 1.82) is 0 Å². The number of pyridine rings is 1. The van der Waals surface area contributed by atoms with Crippen LogP contribution in [0.2, 0.25) is 0 Å². The number of benzene rings is 1. The quantitative estimate of drug-likeness (QED) is 0.578. The van der Waals surface area contributed by atoms with E-state index in [1.807, 2.05) is 18.2 Å². The van der Waals surface area contributed by atoms with Crippen molar-refractivity contribution >= 4 is 33.3 Å². The molecular weight excluding hydrogens is 294 g/mol. The molecule has 0 aliphatic carbocycles. The Morgan fingerprint density at radius 3 is 2.91 bits per heavy atom. The lowest BCUT2D eigenvalue weighted by atomic mass is 10.2. The molecule has 4 rings (SSSR count). The van der Waals surface area contributed by atoms with E-state index >= 15 is 0 Å². The van der Waals surface area contributed by atoms with Crippen LogP contribution in [0.5, 0.6) is 5.75 Å². The second-order valence-electron chi connectivity index (χ2n) is 5.05. The van der Waals surface area contributed by atoms with Gasteiger partial charge >= 0.3 is 0 Å². The molecule has 7 nitrogen and oxygen atoms in total. The predicted octanol–water partition coefficient (Wildman–Crippen LogP) is 3.05. The van der Waals surface area contributed by atoms with E-state index in [4.69, 9.17) is 4.74 Å². The molecule has 1 N–H and O–H groups in total. The fourth-order valence-electron chi connectivity index (χ4n) is 2.82. The van der Waals surface area contributed by atoms with E-state index in [1.54, 1.807) is 36.9 Å². The van der Waals surface area contributed by atoms with Gasteiger partial charge in [0.05, 0.1) is 18.0 Å². The number of aromatic amines is 1. The van der Waals surface area contributed by atoms with Gasteiger partial charge in [0.25, 0.3) is 5.56 Å². The molecule has 7 heteroatoms. The predicted molar refractivity (Wildman–Crippen MR) is 87.8 cm³/mol. The minimum absolute atomic E-state index is 0.144. The maximum atomic E-state index is 12.9. The van der Waals surface area contributed by atoms with Crippen molar-refractivity contribution in [2.75, 3.05) is 14.2 Å². The van der Waals surface area contributed by atoms with Gasteiger partial charge in [-0.1, -0.05) is 0 Å². The number of aromatic nitrogens is 3. The third-order valence-corrected chi connectivity index (χ3v) is 3.83. The summed E-state index contributed by atoms with van der Waals surface area (Å²) in [5.74, 6) is 0.691. The number of nitrogens with zero attached hydrogens (tertiary/aromatic N) is 4. The molecule has 0 aliphatic heterocycles. The van der Waals surface area contributed by atoms with Crippen LogP contribution >= 0.6 is 0 Å². The van der Waals surface area contributed by atoms with Crippen LogP contribution in [0, 0.1) is 0 Å². The van der Waals surface area contributed by atoms with E-state index in [0.29, 0.717) is 28.1 Å². The Bertz CT molecular complexity index is 1140. The molecule has 0 unspecified atom stereocenters. The van der Waals surface area contributed by atoms with Crippen molar-refractivity contribution in [3.8, 4) is 5.75 Å². The lowest BCUT2D eigenvalue weighted by molar-refractivity contribution is 0.415. The maximum absolute atomic E-state index is 12.9. The van der Waals surface area contributed by atoms with Crippen LogP contribution in [0.4, 0.5) is 5.69 Å². The van der Waals surface area contributed by atoms with Crippen molar-refractivity contribution < 1.29 is 4.74 Å². The van der Waals surface area contributed by atoms with Crippen LogP contribution in [0.1, 0.15) is 0 Å². The van der Waals surface area contributed by atoms with Crippen LogP contribution in [0.15, 0.2) is 51.6 Å². The lowest BCUT2D eigenvalue weighted by Crippen LogP contribution is -2.14. The third kappa shape index (κ3) is 1.83. The number of nitrogens with one attached hydrogen (secondary N) is 1. The van der Waals surface area contributed by atoms with E-state index in [0.717, 1.165) is 10.9 Å². The minimum atomic E-state index is -0.144. The number of hydrogen-bond donors (Lipinski definition) is 1. The lowest BCUT2D eigenvalue weighted by Gasteiger charge is -2.01. The van der Waals surface area contributed by atoms with Crippen molar-refractivity contribution in [2.24, 2.45) is 10.2 Å². The minimum Gasteiger partial charge on any atom is -0.497 e. The van der Waals surface area contributed by atoms with Gasteiger partial charge in [-0.05, 0) is 30.3 Å². The molecule has 114 valence electrons. The molecule has 0 saturated carbocycles. The van der Waals surface area contributed by atoms with Gasteiger partial charge in [0.2, 0.25) is 0 Å². The Morgan fingerprint density at radius 1 is 1.26 bits per heavy atom. The molecule has 0 atom stereocenters. The summed E-state index contributed by atoms with van der Waals surface area (Å²) in [6.45, 7) is 0. The molecule has 0 radical (unpaired) electrons. The summed E-state index contributed by atoms with van der Waals surface area (Å²) in [6, 6.07) is 8.99. The zero-order valence-corrected chi connectivity index (χ0v) is 12.6. The summed E-state index contributed by atoms with van der Waals surface area (Å²) in [4.78, 5) is 20.3. The van der Waals surface area contributed by atoms with Gasteiger partial charge in [0, 0.05) is 18.6 Å². The number of rotatable bonds is 2. The van der Waals surface area contributed by atoms with E-state index < -0.39 is 0 Å². The Morgan fingerprint density at radius 2 is 2.13 bits per heavy atom. The Kier molecular flexibility index (Phi) is 2.87. The van der Waals surface area contributed by atoms with E-state index in [2.05, 4.69) is 20.2 Å². The van der Waals surface area contributed by atoms with Crippen molar-refractivity contribution in [3.05, 3.63) is 46.9 Å². The topological polar surface area (TPSA) is 84.1 Å². The molecule has 0 fully saturated rings. The first-order valence-electron chi connectivity index (χ1n) is 7.03. The fraction of sp³-hybridized carbons (Fsp3) is 0.125. The number of fused-ring (bicyclic) bond motifs is 4. The molecular formula is C16H13N5O2. The monoisotopic (exact) mass is 307 g/mol. The van der Waals surface area contributed by atoms with Gasteiger partial charge in [-0.25, -0.2) is 4.98 Å². The van der Waals surface area contributed by atoms with E-state index in [1.165, 1.54) is 0 Å². The van der Waals surface area contributed by atoms with Gasteiger partial charge < -0.3 is 9.72 Å². The normalized spacial score (nSPS) is 11.9. The molecule has 3 heterocycles. The average Bonchev–Trinajstić information content (AvgIpc) is 2.89. The Balaban J connectivity index is 2.31. The SMILES string of the molecule is CN=Nc1c2cc(OC)ccc2n2c(=O)c3cccnc3[nH]c12. The molecule has 0 bridgehead atoms. The Hall–Kier alpha value is -3.22. The summed E-state index contributed by atoms with van der Waals surface area (Å²) in [6.07, 6.45) is 1.64.